The Morgan fingerprint density at radius 1 is 1.25 bits per heavy atom. The first kappa shape index (κ1) is 15.4. The Balaban J connectivity index is 2.27. The molecule has 1 aliphatic rings. The van der Waals surface area contributed by atoms with Crippen LogP contribution in [0.25, 0.3) is 0 Å². The third-order valence-electron chi connectivity index (χ3n) is 3.59. The van der Waals surface area contributed by atoms with Gasteiger partial charge in [0, 0.05) is 12.6 Å². The van der Waals surface area contributed by atoms with Crippen molar-refractivity contribution in [3.05, 3.63) is 29.1 Å². The minimum absolute atomic E-state index is 0.118. The van der Waals surface area contributed by atoms with Crippen LogP contribution < -0.4 is 10.0 Å². The molecule has 4 nitrogen and oxygen atoms in total. The van der Waals surface area contributed by atoms with Gasteiger partial charge in [-0.2, -0.15) is 0 Å². The van der Waals surface area contributed by atoms with Crippen LogP contribution in [-0.4, -0.2) is 27.5 Å². The van der Waals surface area contributed by atoms with E-state index in [1.807, 2.05) is 0 Å². The average molecular weight is 300 g/mol. The highest BCUT2D eigenvalue weighted by Crippen LogP contribution is 2.22. The normalized spacial score (nSPS) is 23.8. The third-order valence-corrected chi connectivity index (χ3v) is 5.41. The van der Waals surface area contributed by atoms with E-state index in [4.69, 9.17) is 0 Å². The Morgan fingerprint density at radius 2 is 1.85 bits per heavy atom. The molecule has 0 amide bonds. The van der Waals surface area contributed by atoms with Crippen LogP contribution in [0.5, 0.6) is 0 Å². The number of halogens is 1. The monoisotopic (exact) mass is 300 g/mol. The molecule has 6 heteroatoms. The summed E-state index contributed by atoms with van der Waals surface area (Å²) in [6.45, 7) is 6.86. The van der Waals surface area contributed by atoms with Crippen molar-refractivity contribution < 1.29 is 12.8 Å². The minimum atomic E-state index is -3.62. The minimum Gasteiger partial charge on any atom is -0.315 e. The number of nitrogens with one attached hydrogen (secondary N) is 2. The van der Waals surface area contributed by atoms with E-state index in [1.54, 1.807) is 13.8 Å². The van der Waals surface area contributed by atoms with Crippen molar-refractivity contribution in [3.63, 3.8) is 0 Å². The second-order valence-electron chi connectivity index (χ2n) is 5.69. The van der Waals surface area contributed by atoms with Crippen molar-refractivity contribution in [2.24, 2.45) is 5.92 Å². The second-order valence-corrected chi connectivity index (χ2v) is 7.34. The molecule has 0 radical (unpaired) electrons. The third kappa shape index (κ3) is 3.37. The summed E-state index contributed by atoms with van der Waals surface area (Å²) in [6, 6.07) is 2.39. The van der Waals surface area contributed by atoms with E-state index in [-0.39, 0.29) is 10.9 Å². The van der Waals surface area contributed by atoms with Gasteiger partial charge in [-0.15, -0.1) is 0 Å². The van der Waals surface area contributed by atoms with E-state index in [0.29, 0.717) is 23.6 Å². The fourth-order valence-corrected chi connectivity index (χ4v) is 4.55. The van der Waals surface area contributed by atoms with E-state index in [1.165, 1.54) is 12.1 Å². The van der Waals surface area contributed by atoms with Gasteiger partial charge < -0.3 is 5.32 Å². The summed E-state index contributed by atoms with van der Waals surface area (Å²) >= 11 is 0. The van der Waals surface area contributed by atoms with Gasteiger partial charge in [-0.3, -0.25) is 0 Å². The maximum Gasteiger partial charge on any atom is 0.241 e. The lowest BCUT2D eigenvalue weighted by atomic mass is 9.99. The standard InChI is InChI=1S/C14H21FN2O2S/c1-9-4-13(8-16-7-9)17-20(18,19)14-10(2)5-12(15)6-11(14)3/h5-6,9,13,16-17H,4,7-8H2,1-3H3. The topological polar surface area (TPSA) is 58.2 Å². The highest BCUT2D eigenvalue weighted by Gasteiger charge is 2.26. The Bertz CT molecular complexity index is 578. The zero-order valence-corrected chi connectivity index (χ0v) is 12.8. The van der Waals surface area contributed by atoms with Gasteiger partial charge in [-0.05, 0) is 56.0 Å². The van der Waals surface area contributed by atoms with Crippen molar-refractivity contribution in [2.45, 2.75) is 38.1 Å². The van der Waals surface area contributed by atoms with Crippen LogP contribution in [0.1, 0.15) is 24.5 Å². The van der Waals surface area contributed by atoms with E-state index in [2.05, 4.69) is 17.0 Å². The molecule has 1 saturated heterocycles. The maximum atomic E-state index is 13.3. The lowest BCUT2D eigenvalue weighted by molar-refractivity contribution is 0.346. The zero-order valence-electron chi connectivity index (χ0n) is 12.0. The number of rotatable bonds is 3. The fourth-order valence-electron chi connectivity index (χ4n) is 2.85. The van der Waals surface area contributed by atoms with Crippen LogP contribution in [-0.2, 0) is 10.0 Å². The van der Waals surface area contributed by atoms with Crippen LogP contribution >= 0.6 is 0 Å². The molecule has 1 aliphatic heterocycles. The molecule has 2 N–H and O–H groups in total. The number of hydrogen-bond donors (Lipinski definition) is 2. The molecule has 1 fully saturated rings. The number of benzene rings is 1. The van der Waals surface area contributed by atoms with E-state index in [0.717, 1.165) is 13.0 Å². The van der Waals surface area contributed by atoms with Gasteiger partial charge >= 0.3 is 0 Å². The molecular weight excluding hydrogens is 279 g/mol. The van der Waals surface area contributed by atoms with Crippen molar-refractivity contribution in [1.29, 1.82) is 0 Å². The van der Waals surface area contributed by atoms with Crippen LogP contribution in [0.3, 0.4) is 0 Å². The molecule has 0 aromatic heterocycles. The summed E-state index contributed by atoms with van der Waals surface area (Å²) < 4.78 is 41.0. The molecule has 1 heterocycles. The van der Waals surface area contributed by atoms with Crippen LogP contribution in [0, 0.1) is 25.6 Å². The molecule has 2 rings (SSSR count). The quantitative estimate of drug-likeness (QED) is 0.893. The fraction of sp³-hybridized carbons (Fsp3) is 0.571. The average Bonchev–Trinajstić information content (AvgIpc) is 2.25. The van der Waals surface area contributed by atoms with Gasteiger partial charge in [0.2, 0.25) is 10.0 Å². The SMILES string of the molecule is Cc1cc(F)cc(C)c1S(=O)(=O)NC1CNCC(C)C1. The van der Waals surface area contributed by atoms with Gasteiger partial charge in [0.1, 0.15) is 5.82 Å². The number of aryl methyl sites for hydroxylation is 2. The molecule has 2 atom stereocenters. The van der Waals surface area contributed by atoms with Crippen molar-refractivity contribution in [2.75, 3.05) is 13.1 Å². The first-order chi connectivity index (χ1) is 9.29. The summed E-state index contributed by atoms with van der Waals surface area (Å²) in [6.07, 6.45) is 0.811. The summed E-state index contributed by atoms with van der Waals surface area (Å²) in [4.78, 5) is 0.192. The smallest absolute Gasteiger partial charge is 0.241 e. The lowest BCUT2D eigenvalue weighted by Gasteiger charge is -2.28. The van der Waals surface area contributed by atoms with Crippen molar-refractivity contribution in [1.82, 2.24) is 10.0 Å². The first-order valence-electron chi connectivity index (χ1n) is 6.79. The molecule has 0 saturated carbocycles. The molecular formula is C14H21FN2O2S. The van der Waals surface area contributed by atoms with E-state index >= 15 is 0 Å². The summed E-state index contributed by atoms with van der Waals surface area (Å²) in [7, 11) is -3.62. The van der Waals surface area contributed by atoms with E-state index < -0.39 is 15.8 Å². The van der Waals surface area contributed by atoms with Gasteiger partial charge in [0.05, 0.1) is 4.90 Å². The molecule has 2 unspecified atom stereocenters. The molecule has 0 bridgehead atoms. The predicted molar refractivity (Wildman–Crippen MR) is 76.6 cm³/mol. The van der Waals surface area contributed by atoms with Crippen LogP contribution in [0.4, 0.5) is 4.39 Å². The highest BCUT2D eigenvalue weighted by atomic mass is 32.2. The highest BCUT2D eigenvalue weighted by molar-refractivity contribution is 7.89. The first-order valence-corrected chi connectivity index (χ1v) is 8.27. The zero-order chi connectivity index (χ0) is 14.9. The van der Waals surface area contributed by atoms with Gasteiger partial charge in [-0.1, -0.05) is 6.92 Å². The predicted octanol–water partition coefficient (Wildman–Crippen LogP) is 1.72. The Kier molecular flexibility index (Phi) is 4.46. The van der Waals surface area contributed by atoms with Gasteiger partial charge in [0.25, 0.3) is 0 Å². The number of sulfonamides is 1. The molecule has 0 aliphatic carbocycles. The molecule has 0 spiro atoms. The van der Waals surface area contributed by atoms with Crippen LogP contribution in [0.2, 0.25) is 0 Å². The van der Waals surface area contributed by atoms with E-state index in [9.17, 15) is 12.8 Å². The second kappa shape index (κ2) is 5.79. The Morgan fingerprint density at radius 3 is 2.40 bits per heavy atom. The summed E-state index contributed by atoms with van der Waals surface area (Å²) in [5.41, 5.74) is 0.874. The summed E-state index contributed by atoms with van der Waals surface area (Å²) in [5.74, 6) is 0.0266. The number of piperidine rings is 1. The largest absolute Gasteiger partial charge is 0.315 e. The molecule has 20 heavy (non-hydrogen) atoms. The molecule has 112 valence electrons. The van der Waals surface area contributed by atoms with Crippen molar-refractivity contribution >= 4 is 10.0 Å². The lowest BCUT2D eigenvalue weighted by Crippen LogP contribution is -2.48. The Hall–Kier alpha value is -0.980. The Labute approximate surface area is 119 Å². The van der Waals surface area contributed by atoms with Crippen molar-refractivity contribution in [3.8, 4) is 0 Å². The van der Waals surface area contributed by atoms with Gasteiger partial charge in [-0.25, -0.2) is 17.5 Å². The van der Waals surface area contributed by atoms with Gasteiger partial charge in [0.15, 0.2) is 0 Å². The molecule has 1 aromatic rings. The molecule has 1 aromatic carbocycles. The number of hydrogen-bond acceptors (Lipinski definition) is 3. The maximum absolute atomic E-state index is 13.3. The van der Waals surface area contributed by atoms with Crippen LogP contribution in [0.15, 0.2) is 17.0 Å². The summed E-state index contributed by atoms with van der Waals surface area (Å²) in [5, 5.41) is 3.21.